The molecule has 0 saturated heterocycles. The van der Waals surface area contributed by atoms with Gasteiger partial charge >= 0.3 is 0 Å². The predicted octanol–water partition coefficient (Wildman–Crippen LogP) is 4.69. The third-order valence-electron chi connectivity index (χ3n) is 4.32. The van der Waals surface area contributed by atoms with Gasteiger partial charge in [-0.15, -0.1) is 5.10 Å². The molecule has 1 unspecified atom stereocenters. The summed E-state index contributed by atoms with van der Waals surface area (Å²) in [6.45, 7) is 6.00. The van der Waals surface area contributed by atoms with Crippen molar-refractivity contribution in [2.75, 3.05) is 5.32 Å². The smallest absolute Gasteiger partial charge is 0.251 e. The van der Waals surface area contributed by atoms with Crippen LogP contribution in [-0.4, -0.2) is 30.5 Å². The standard InChI is InChI=1S/C18H19Cl3N6O/c1-4-15(27-11(3)16(21)10(2)24-27)17(28)23-18-22-9-26(25-18)8-12-5-6-13(19)14(20)7-12/h5-7,9,15H,4,8H2,1-3H3,(H,23,25,28). The Kier molecular flexibility index (Phi) is 6.27. The number of hydrogen-bond donors (Lipinski definition) is 1. The van der Waals surface area contributed by atoms with Gasteiger partial charge in [0.2, 0.25) is 5.95 Å². The molecule has 10 heteroatoms. The molecule has 0 aliphatic carbocycles. The van der Waals surface area contributed by atoms with Crippen molar-refractivity contribution in [2.45, 2.75) is 39.8 Å². The monoisotopic (exact) mass is 440 g/mol. The summed E-state index contributed by atoms with van der Waals surface area (Å²) in [5.41, 5.74) is 2.36. The molecule has 0 fully saturated rings. The zero-order chi connectivity index (χ0) is 20.4. The molecule has 28 heavy (non-hydrogen) atoms. The average Bonchev–Trinajstić information content (AvgIpc) is 3.19. The summed E-state index contributed by atoms with van der Waals surface area (Å²) in [4.78, 5) is 16.9. The number of aromatic nitrogens is 5. The number of carbonyl (C=O) groups is 1. The lowest BCUT2D eigenvalue weighted by Crippen LogP contribution is -2.27. The quantitative estimate of drug-likeness (QED) is 0.602. The first-order valence-corrected chi connectivity index (χ1v) is 9.79. The van der Waals surface area contributed by atoms with E-state index >= 15 is 0 Å². The van der Waals surface area contributed by atoms with Crippen LogP contribution < -0.4 is 5.32 Å². The summed E-state index contributed by atoms with van der Waals surface area (Å²) in [7, 11) is 0. The minimum Gasteiger partial charge on any atom is -0.291 e. The Morgan fingerprint density at radius 1 is 1.18 bits per heavy atom. The van der Waals surface area contributed by atoms with Crippen LogP contribution in [0, 0.1) is 13.8 Å². The molecule has 1 amide bonds. The van der Waals surface area contributed by atoms with Gasteiger partial charge in [0.05, 0.1) is 33.0 Å². The Morgan fingerprint density at radius 2 is 1.93 bits per heavy atom. The molecule has 2 aromatic heterocycles. The van der Waals surface area contributed by atoms with E-state index in [-0.39, 0.29) is 11.9 Å². The molecule has 0 bridgehead atoms. The molecule has 1 aromatic carbocycles. The van der Waals surface area contributed by atoms with Gasteiger partial charge in [0.25, 0.3) is 5.91 Å². The number of amides is 1. The topological polar surface area (TPSA) is 77.6 Å². The van der Waals surface area contributed by atoms with Crippen molar-refractivity contribution < 1.29 is 4.79 Å². The van der Waals surface area contributed by atoms with Gasteiger partial charge in [-0.25, -0.2) is 9.67 Å². The first-order valence-electron chi connectivity index (χ1n) is 8.65. The number of rotatable bonds is 6. The Hall–Kier alpha value is -2.09. The van der Waals surface area contributed by atoms with Gasteiger partial charge in [0.15, 0.2) is 0 Å². The maximum Gasteiger partial charge on any atom is 0.251 e. The number of aryl methyl sites for hydroxylation is 1. The lowest BCUT2D eigenvalue weighted by molar-refractivity contribution is -0.119. The van der Waals surface area contributed by atoms with E-state index in [1.807, 2.05) is 26.8 Å². The van der Waals surface area contributed by atoms with E-state index in [9.17, 15) is 4.79 Å². The first-order chi connectivity index (χ1) is 13.3. The van der Waals surface area contributed by atoms with Crippen molar-refractivity contribution in [3.8, 4) is 0 Å². The third-order valence-corrected chi connectivity index (χ3v) is 5.61. The molecule has 0 radical (unpaired) electrons. The molecule has 0 spiro atoms. The molecule has 3 aromatic rings. The minimum atomic E-state index is -0.506. The Labute approximate surface area is 177 Å². The van der Waals surface area contributed by atoms with Crippen molar-refractivity contribution in [1.82, 2.24) is 24.5 Å². The SMILES string of the molecule is CCC(C(=O)Nc1ncn(Cc2ccc(Cl)c(Cl)c2)n1)n1nc(C)c(Cl)c1C. The molecule has 0 aliphatic heterocycles. The second-order valence-corrected chi connectivity index (χ2v) is 7.55. The van der Waals surface area contributed by atoms with Crippen molar-refractivity contribution in [1.29, 1.82) is 0 Å². The summed E-state index contributed by atoms with van der Waals surface area (Å²) < 4.78 is 3.25. The first kappa shape index (κ1) is 20.6. The van der Waals surface area contributed by atoms with E-state index < -0.39 is 6.04 Å². The highest BCUT2D eigenvalue weighted by Crippen LogP contribution is 2.25. The largest absolute Gasteiger partial charge is 0.291 e. The second-order valence-electron chi connectivity index (χ2n) is 6.36. The van der Waals surface area contributed by atoms with E-state index in [1.165, 1.54) is 0 Å². The number of anilines is 1. The van der Waals surface area contributed by atoms with Crippen molar-refractivity contribution in [3.05, 3.63) is 56.5 Å². The highest BCUT2D eigenvalue weighted by atomic mass is 35.5. The highest BCUT2D eigenvalue weighted by Gasteiger charge is 2.24. The Balaban J connectivity index is 1.71. The van der Waals surface area contributed by atoms with Crippen molar-refractivity contribution >= 4 is 46.7 Å². The van der Waals surface area contributed by atoms with Crippen LogP contribution in [-0.2, 0) is 11.3 Å². The molecule has 1 atom stereocenters. The molecule has 148 valence electrons. The number of hydrogen-bond acceptors (Lipinski definition) is 4. The van der Waals surface area contributed by atoms with Crippen LogP contribution in [0.2, 0.25) is 15.1 Å². The van der Waals surface area contributed by atoms with Gasteiger partial charge in [0, 0.05) is 0 Å². The Bertz CT molecular complexity index is 1010. The third kappa shape index (κ3) is 4.32. The highest BCUT2D eigenvalue weighted by molar-refractivity contribution is 6.42. The van der Waals surface area contributed by atoms with Crippen molar-refractivity contribution in [3.63, 3.8) is 0 Å². The van der Waals surface area contributed by atoms with Crippen LogP contribution in [0.4, 0.5) is 5.95 Å². The van der Waals surface area contributed by atoms with E-state index in [0.717, 1.165) is 11.3 Å². The second kappa shape index (κ2) is 8.51. The predicted molar refractivity (Wildman–Crippen MR) is 110 cm³/mol. The number of nitrogens with one attached hydrogen (secondary N) is 1. The molecular formula is C18H19Cl3N6O. The molecular weight excluding hydrogens is 423 g/mol. The van der Waals surface area contributed by atoms with Crippen LogP contribution in [0.5, 0.6) is 0 Å². The maximum absolute atomic E-state index is 12.7. The lowest BCUT2D eigenvalue weighted by Gasteiger charge is -2.16. The van der Waals surface area contributed by atoms with Gasteiger partial charge in [-0.3, -0.25) is 14.8 Å². The molecule has 1 N–H and O–H groups in total. The molecule has 0 aliphatic rings. The summed E-state index contributed by atoms with van der Waals surface area (Å²) in [5, 5.41) is 12.9. The van der Waals surface area contributed by atoms with Gasteiger partial charge < -0.3 is 0 Å². The van der Waals surface area contributed by atoms with E-state index in [2.05, 4.69) is 20.5 Å². The van der Waals surface area contributed by atoms with Crippen LogP contribution in [0.3, 0.4) is 0 Å². The van der Waals surface area contributed by atoms with E-state index in [0.29, 0.717) is 33.7 Å². The van der Waals surface area contributed by atoms with Gasteiger partial charge in [-0.05, 0) is 38.0 Å². The van der Waals surface area contributed by atoms with Crippen LogP contribution >= 0.6 is 34.8 Å². The van der Waals surface area contributed by atoms with E-state index in [4.69, 9.17) is 34.8 Å². The van der Waals surface area contributed by atoms with Gasteiger partial charge in [-0.2, -0.15) is 5.10 Å². The average molecular weight is 442 g/mol. The molecule has 2 heterocycles. The van der Waals surface area contributed by atoms with E-state index in [1.54, 1.807) is 27.8 Å². The van der Waals surface area contributed by atoms with Crippen LogP contribution in [0.1, 0.15) is 36.3 Å². The normalized spacial score (nSPS) is 12.2. The van der Waals surface area contributed by atoms with Gasteiger partial charge in [0.1, 0.15) is 12.4 Å². The number of carbonyl (C=O) groups excluding carboxylic acids is 1. The molecule has 0 saturated carbocycles. The number of halogens is 3. The Morgan fingerprint density at radius 3 is 2.54 bits per heavy atom. The minimum absolute atomic E-state index is 0.219. The fourth-order valence-corrected chi connectivity index (χ4v) is 3.31. The maximum atomic E-state index is 12.7. The summed E-state index contributed by atoms with van der Waals surface area (Å²) in [6, 6.07) is 4.84. The lowest BCUT2D eigenvalue weighted by atomic mass is 10.2. The summed E-state index contributed by atoms with van der Waals surface area (Å²) >= 11 is 18.2. The fraction of sp³-hybridized carbons (Fsp3) is 0.333. The number of nitrogens with zero attached hydrogens (tertiary/aromatic N) is 5. The molecule has 3 rings (SSSR count). The zero-order valence-corrected chi connectivity index (χ0v) is 17.8. The van der Waals surface area contributed by atoms with Crippen LogP contribution in [0.25, 0.3) is 0 Å². The summed E-state index contributed by atoms with van der Waals surface area (Å²) in [5.74, 6) is -0.0341. The summed E-state index contributed by atoms with van der Waals surface area (Å²) in [6.07, 6.45) is 2.09. The fourth-order valence-electron chi connectivity index (χ4n) is 2.86. The molecule has 7 nitrogen and oxygen atoms in total. The van der Waals surface area contributed by atoms with Crippen LogP contribution in [0.15, 0.2) is 24.5 Å². The van der Waals surface area contributed by atoms with Gasteiger partial charge in [-0.1, -0.05) is 47.8 Å². The number of benzene rings is 1. The van der Waals surface area contributed by atoms with Crippen molar-refractivity contribution in [2.24, 2.45) is 0 Å². The zero-order valence-electron chi connectivity index (χ0n) is 15.6.